The standard InChI is InChI=1S/C14H18FN5O3S/c1-10(7-18-9-17-2)20(24(3,22)23)8-12-5-4-11(6-13(12)15)14(21)19-16/h4-7,9H,2,8,16H2,1,3H3,(H,19,21)/b10-7+,18-9-. The van der Waals surface area contributed by atoms with Gasteiger partial charge in [-0.3, -0.25) is 19.5 Å². The van der Waals surface area contributed by atoms with E-state index in [9.17, 15) is 17.6 Å². The lowest BCUT2D eigenvalue weighted by molar-refractivity contribution is 0.0953. The third-order valence-corrected chi connectivity index (χ3v) is 4.18. The van der Waals surface area contributed by atoms with Crippen molar-refractivity contribution in [2.75, 3.05) is 6.26 Å². The van der Waals surface area contributed by atoms with Gasteiger partial charge in [0.05, 0.1) is 12.8 Å². The van der Waals surface area contributed by atoms with Gasteiger partial charge in [-0.05, 0) is 25.8 Å². The number of allylic oxidation sites excluding steroid dienone is 1. The molecule has 3 N–H and O–H groups in total. The highest BCUT2D eigenvalue weighted by Gasteiger charge is 2.20. The molecule has 0 heterocycles. The van der Waals surface area contributed by atoms with Crippen LogP contribution in [0, 0.1) is 5.82 Å². The van der Waals surface area contributed by atoms with Crippen molar-refractivity contribution < 1.29 is 17.6 Å². The molecule has 24 heavy (non-hydrogen) atoms. The Morgan fingerprint density at radius 1 is 1.50 bits per heavy atom. The van der Waals surface area contributed by atoms with E-state index in [-0.39, 0.29) is 23.4 Å². The molecular weight excluding hydrogens is 337 g/mol. The first-order valence-electron chi connectivity index (χ1n) is 6.62. The van der Waals surface area contributed by atoms with Crippen molar-refractivity contribution in [2.24, 2.45) is 15.8 Å². The van der Waals surface area contributed by atoms with Gasteiger partial charge >= 0.3 is 0 Å². The van der Waals surface area contributed by atoms with E-state index in [2.05, 4.69) is 16.7 Å². The summed E-state index contributed by atoms with van der Waals surface area (Å²) in [6.07, 6.45) is 3.41. The molecule has 0 saturated heterocycles. The van der Waals surface area contributed by atoms with Gasteiger partial charge in [-0.25, -0.2) is 23.6 Å². The molecule has 1 aromatic rings. The van der Waals surface area contributed by atoms with Gasteiger partial charge in [0.2, 0.25) is 10.0 Å². The fourth-order valence-electron chi connectivity index (χ4n) is 1.81. The Balaban J connectivity index is 3.17. The molecular formula is C14H18FN5O3S. The molecule has 1 amide bonds. The zero-order valence-electron chi connectivity index (χ0n) is 13.2. The zero-order chi connectivity index (χ0) is 18.3. The van der Waals surface area contributed by atoms with Crippen molar-refractivity contribution in [1.82, 2.24) is 9.73 Å². The van der Waals surface area contributed by atoms with E-state index in [0.717, 1.165) is 23.0 Å². The third-order valence-electron chi connectivity index (χ3n) is 2.96. The Morgan fingerprint density at radius 3 is 2.67 bits per heavy atom. The molecule has 0 spiro atoms. The fourth-order valence-corrected chi connectivity index (χ4v) is 2.75. The smallest absolute Gasteiger partial charge is 0.265 e. The van der Waals surface area contributed by atoms with Gasteiger partial charge in [0.15, 0.2) is 0 Å². The molecule has 0 unspecified atom stereocenters. The number of carbonyl (C=O) groups excluding carboxylic acids is 1. The molecule has 1 rings (SSSR count). The van der Waals surface area contributed by atoms with Crippen LogP contribution >= 0.6 is 0 Å². The van der Waals surface area contributed by atoms with E-state index >= 15 is 0 Å². The molecule has 0 bridgehead atoms. The Labute approximate surface area is 139 Å². The second-order valence-corrected chi connectivity index (χ2v) is 6.67. The number of aliphatic imine (C=N–C) groups is 2. The zero-order valence-corrected chi connectivity index (χ0v) is 14.0. The van der Waals surface area contributed by atoms with Crippen molar-refractivity contribution in [3.05, 3.63) is 47.0 Å². The Hall–Kier alpha value is -2.59. The minimum absolute atomic E-state index is 0.0265. The summed E-state index contributed by atoms with van der Waals surface area (Å²) in [6.45, 7) is 4.46. The number of benzene rings is 1. The average molecular weight is 355 g/mol. The van der Waals surface area contributed by atoms with Crippen molar-refractivity contribution in [1.29, 1.82) is 0 Å². The molecule has 0 aromatic heterocycles. The molecule has 0 radical (unpaired) electrons. The number of nitrogens with two attached hydrogens (primary N) is 1. The summed E-state index contributed by atoms with van der Waals surface area (Å²) in [6, 6.07) is 3.65. The van der Waals surface area contributed by atoms with Gasteiger partial charge in [0.1, 0.15) is 12.2 Å². The lowest BCUT2D eigenvalue weighted by atomic mass is 10.1. The number of rotatable bonds is 7. The van der Waals surface area contributed by atoms with E-state index in [1.807, 2.05) is 5.43 Å². The van der Waals surface area contributed by atoms with Crippen molar-refractivity contribution >= 4 is 29.0 Å². The van der Waals surface area contributed by atoms with Gasteiger partial charge in [-0.1, -0.05) is 6.07 Å². The second-order valence-electron chi connectivity index (χ2n) is 4.77. The molecule has 130 valence electrons. The lowest BCUT2D eigenvalue weighted by Gasteiger charge is -2.23. The number of halogens is 1. The topological polar surface area (TPSA) is 117 Å². The van der Waals surface area contributed by atoms with E-state index in [4.69, 9.17) is 5.84 Å². The summed E-state index contributed by atoms with van der Waals surface area (Å²) in [4.78, 5) is 18.5. The van der Waals surface area contributed by atoms with Crippen LogP contribution in [0.15, 0.2) is 40.1 Å². The van der Waals surface area contributed by atoms with Crippen LogP contribution in [0.5, 0.6) is 0 Å². The van der Waals surface area contributed by atoms with Gasteiger partial charge in [-0.15, -0.1) is 0 Å². The first-order chi connectivity index (χ1) is 11.2. The Morgan fingerprint density at radius 2 is 2.17 bits per heavy atom. The van der Waals surface area contributed by atoms with E-state index in [1.54, 1.807) is 0 Å². The van der Waals surface area contributed by atoms with Crippen LogP contribution in [0.4, 0.5) is 4.39 Å². The second kappa shape index (κ2) is 8.31. The summed E-state index contributed by atoms with van der Waals surface area (Å²) in [5, 5.41) is 0. The number of sulfonamides is 1. The number of hydrogen-bond donors (Lipinski definition) is 2. The molecule has 8 nitrogen and oxygen atoms in total. The fraction of sp³-hybridized carbons (Fsp3) is 0.214. The first-order valence-corrected chi connectivity index (χ1v) is 8.47. The maximum absolute atomic E-state index is 14.2. The van der Waals surface area contributed by atoms with E-state index in [0.29, 0.717) is 0 Å². The summed E-state index contributed by atoms with van der Waals surface area (Å²) < 4.78 is 39.0. The molecule has 0 aliphatic heterocycles. The largest absolute Gasteiger partial charge is 0.290 e. The molecule has 0 fully saturated rings. The van der Waals surface area contributed by atoms with Crippen LogP contribution in [0.2, 0.25) is 0 Å². The third kappa shape index (κ3) is 5.25. The van der Waals surface area contributed by atoms with E-state index in [1.165, 1.54) is 25.3 Å². The number of hydrogen-bond acceptors (Lipinski definition) is 5. The average Bonchev–Trinajstić information content (AvgIpc) is 2.51. The van der Waals surface area contributed by atoms with Crippen LogP contribution < -0.4 is 11.3 Å². The first kappa shape index (κ1) is 19.5. The summed E-state index contributed by atoms with van der Waals surface area (Å²) in [5.41, 5.74) is 2.27. The van der Waals surface area contributed by atoms with Crippen LogP contribution in [0.1, 0.15) is 22.8 Å². The van der Waals surface area contributed by atoms with Gasteiger partial charge in [0.25, 0.3) is 5.91 Å². The highest BCUT2D eigenvalue weighted by atomic mass is 32.2. The monoisotopic (exact) mass is 355 g/mol. The van der Waals surface area contributed by atoms with Gasteiger partial charge in [-0.2, -0.15) is 0 Å². The van der Waals surface area contributed by atoms with Crippen molar-refractivity contribution in [3.8, 4) is 0 Å². The van der Waals surface area contributed by atoms with Crippen LogP contribution in [0.25, 0.3) is 0 Å². The van der Waals surface area contributed by atoms with Crippen LogP contribution in [0.3, 0.4) is 0 Å². The maximum atomic E-state index is 14.2. The van der Waals surface area contributed by atoms with Crippen LogP contribution in [-0.2, 0) is 16.6 Å². The number of carbonyl (C=O) groups is 1. The number of hydrazine groups is 1. The predicted molar refractivity (Wildman–Crippen MR) is 90.2 cm³/mol. The number of amides is 1. The van der Waals surface area contributed by atoms with Crippen molar-refractivity contribution in [3.63, 3.8) is 0 Å². The SMILES string of the molecule is C=N/C=N\C=C(/C)N(Cc1ccc(C(=O)NN)cc1F)S(C)(=O)=O. The van der Waals surface area contributed by atoms with Crippen molar-refractivity contribution in [2.45, 2.75) is 13.5 Å². The predicted octanol–water partition coefficient (Wildman–Crippen LogP) is 0.781. The summed E-state index contributed by atoms with van der Waals surface area (Å²) in [5.74, 6) is 3.61. The molecule has 0 saturated carbocycles. The molecule has 0 atom stereocenters. The molecule has 0 aliphatic rings. The van der Waals surface area contributed by atoms with Gasteiger partial charge < -0.3 is 0 Å². The highest BCUT2D eigenvalue weighted by Crippen LogP contribution is 2.18. The molecule has 1 aromatic carbocycles. The summed E-state index contributed by atoms with van der Waals surface area (Å²) >= 11 is 0. The lowest BCUT2D eigenvalue weighted by Crippen LogP contribution is -2.30. The normalized spacial score (nSPS) is 12.2. The molecule has 10 heteroatoms. The minimum Gasteiger partial charge on any atom is -0.290 e. The minimum atomic E-state index is -3.67. The van der Waals surface area contributed by atoms with E-state index < -0.39 is 21.7 Å². The number of nitrogen functional groups attached to an aromatic ring is 1. The Kier molecular flexibility index (Phi) is 6.74. The van der Waals surface area contributed by atoms with Crippen LogP contribution in [-0.4, -0.2) is 37.9 Å². The maximum Gasteiger partial charge on any atom is 0.265 e. The highest BCUT2D eigenvalue weighted by molar-refractivity contribution is 7.88. The molecule has 0 aliphatic carbocycles. The summed E-state index contributed by atoms with van der Waals surface area (Å²) in [7, 11) is -3.67. The van der Waals surface area contributed by atoms with Gasteiger partial charge in [0, 0.05) is 23.0 Å². The quantitative estimate of drug-likeness (QED) is 0.247. The number of nitrogens with zero attached hydrogens (tertiary/aromatic N) is 3. The number of nitrogens with one attached hydrogen (secondary N) is 1. The Bertz CT molecular complexity index is 790.